The van der Waals surface area contributed by atoms with E-state index in [1.807, 2.05) is 6.08 Å². The van der Waals surface area contributed by atoms with Crippen molar-refractivity contribution in [3.8, 4) is 0 Å². The molecule has 0 rings (SSSR count). The Hall–Kier alpha value is -1.58. The fraction of sp³-hybridized carbons (Fsp3) is 0.786. The summed E-state index contributed by atoms with van der Waals surface area (Å²) >= 11 is 0. The number of hydrogen-bond donors (Lipinski definition) is 0. The number of hydrogen-bond acceptors (Lipinski definition) is 4. The molecule has 0 heterocycles. The van der Waals surface area contributed by atoms with Gasteiger partial charge in [0.25, 0.3) is 0 Å². The van der Waals surface area contributed by atoms with Crippen LogP contribution < -0.4 is 0 Å². The zero-order valence-electron chi connectivity index (χ0n) is 20.9. The second-order valence-electron chi connectivity index (χ2n) is 9.13. The first-order chi connectivity index (χ1) is 15.5. The summed E-state index contributed by atoms with van der Waals surface area (Å²) in [5.41, 5.74) is 0. The number of unbranched alkanes of at least 4 members (excludes halogenated alkanes) is 13. The molecule has 4 heteroatoms. The molecule has 0 aromatic rings. The number of carbonyl (C=O) groups excluding carboxylic acids is 4. The Bertz CT molecular complexity index is 548. The van der Waals surface area contributed by atoms with Crippen LogP contribution in [0.4, 0.5) is 0 Å². The number of ketones is 4. The van der Waals surface area contributed by atoms with E-state index in [-0.39, 0.29) is 17.3 Å². The van der Waals surface area contributed by atoms with Crippen LogP contribution in [0.2, 0.25) is 0 Å². The van der Waals surface area contributed by atoms with Gasteiger partial charge in [-0.2, -0.15) is 0 Å². The zero-order chi connectivity index (χ0) is 23.9. The molecule has 0 aliphatic rings. The fourth-order valence-electron chi connectivity index (χ4n) is 3.75. The summed E-state index contributed by atoms with van der Waals surface area (Å²) in [5, 5.41) is 0. The van der Waals surface area contributed by atoms with Gasteiger partial charge in [0.1, 0.15) is 5.78 Å². The quantitative estimate of drug-likeness (QED) is 0.0863. The van der Waals surface area contributed by atoms with Crippen LogP contribution in [0.3, 0.4) is 0 Å². The van der Waals surface area contributed by atoms with Crippen molar-refractivity contribution in [2.75, 3.05) is 0 Å². The minimum Gasteiger partial charge on any atom is -0.300 e. The van der Waals surface area contributed by atoms with Crippen LogP contribution in [0.15, 0.2) is 12.2 Å². The van der Waals surface area contributed by atoms with Gasteiger partial charge in [0, 0.05) is 32.6 Å². The Balaban J connectivity index is 3.44. The molecule has 0 saturated carbocycles. The summed E-state index contributed by atoms with van der Waals surface area (Å²) in [4.78, 5) is 45.8. The maximum Gasteiger partial charge on any atom is 0.198 e. The van der Waals surface area contributed by atoms with Gasteiger partial charge in [-0.25, -0.2) is 0 Å². The molecule has 0 unspecified atom stereocenters. The van der Waals surface area contributed by atoms with Crippen LogP contribution in [-0.4, -0.2) is 23.1 Å². The van der Waals surface area contributed by atoms with Crippen molar-refractivity contribution in [2.45, 2.75) is 142 Å². The van der Waals surface area contributed by atoms with E-state index in [0.717, 1.165) is 44.9 Å². The second kappa shape index (κ2) is 22.6. The lowest BCUT2D eigenvalue weighted by molar-refractivity contribution is -0.135. The highest BCUT2D eigenvalue weighted by Gasteiger charge is 2.06. The van der Waals surface area contributed by atoms with Crippen molar-refractivity contribution in [3.63, 3.8) is 0 Å². The van der Waals surface area contributed by atoms with Crippen LogP contribution in [0.25, 0.3) is 0 Å². The first kappa shape index (κ1) is 30.4. The largest absolute Gasteiger partial charge is 0.300 e. The summed E-state index contributed by atoms with van der Waals surface area (Å²) in [6.07, 6.45) is 23.5. The van der Waals surface area contributed by atoms with Gasteiger partial charge in [0.15, 0.2) is 17.3 Å². The Labute approximate surface area is 197 Å². The van der Waals surface area contributed by atoms with E-state index in [0.29, 0.717) is 31.5 Å². The van der Waals surface area contributed by atoms with E-state index in [2.05, 4.69) is 6.92 Å². The molecule has 184 valence electrons. The van der Waals surface area contributed by atoms with E-state index in [1.54, 1.807) is 6.08 Å². The first-order valence-electron chi connectivity index (χ1n) is 13.2. The molecule has 0 N–H and O–H groups in total. The second-order valence-corrected chi connectivity index (χ2v) is 9.13. The van der Waals surface area contributed by atoms with E-state index in [1.165, 1.54) is 64.7 Å². The molecule has 0 saturated heterocycles. The standard InChI is InChI=1S/C28H48O4/c1-3-4-5-6-7-8-9-10-11-15-20-26(30)22-17-14-18-23-27(31)21-16-12-13-19-24-28(32)25(2)29/h16,21H,3-15,17-20,22-24H2,1-2H3. The van der Waals surface area contributed by atoms with Crippen molar-refractivity contribution in [3.05, 3.63) is 12.2 Å². The number of rotatable bonds is 24. The summed E-state index contributed by atoms with van der Waals surface area (Å²) in [5.74, 6) is -0.191. The molecule has 0 spiro atoms. The van der Waals surface area contributed by atoms with Crippen molar-refractivity contribution in [1.82, 2.24) is 0 Å². The molecular weight excluding hydrogens is 400 g/mol. The predicted molar refractivity (Wildman–Crippen MR) is 133 cm³/mol. The minimum atomic E-state index is -0.378. The Kier molecular flexibility index (Phi) is 21.5. The molecule has 0 aromatic heterocycles. The number of carbonyl (C=O) groups is 4. The summed E-state index contributed by atoms with van der Waals surface area (Å²) in [7, 11) is 0. The van der Waals surface area contributed by atoms with E-state index >= 15 is 0 Å². The summed E-state index contributed by atoms with van der Waals surface area (Å²) in [6.45, 7) is 3.55. The zero-order valence-corrected chi connectivity index (χ0v) is 20.9. The smallest absolute Gasteiger partial charge is 0.198 e. The van der Waals surface area contributed by atoms with E-state index < -0.39 is 0 Å². The third kappa shape index (κ3) is 21.6. The summed E-state index contributed by atoms with van der Waals surface area (Å²) < 4.78 is 0. The van der Waals surface area contributed by atoms with Gasteiger partial charge in [-0.3, -0.25) is 19.2 Å². The molecular formula is C28H48O4. The van der Waals surface area contributed by atoms with Crippen LogP contribution in [-0.2, 0) is 19.2 Å². The van der Waals surface area contributed by atoms with Crippen LogP contribution in [0.5, 0.6) is 0 Å². The molecule has 0 atom stereocenters. The topological polar surface area (TPSA) is 68.3 Å². The predicted octanol–water partition coefficient (Wildman–Crippen LogP) is 7.66. The Morgan fingerprint density at radius 1 is 0.562 bits per heavy atom. The normalized spacial score (nSPS) is 11.2. The maximum atomic E-state index is 12.0. The van der Waals surface area contributed by atoms with Crippen LogP contribution in [0.1, 0.15) is 142 Å². The van der Waals surface area contributed by atoms with E-state index in [4.69, 9.17) is 0 Å². The molecule has 0 aromatic carbocycles. The average Bonchev–Trinajstić information content (AvgIpc) is 2.76. The molecule has 0 radical (unpaired) electrons. The van der Waals surface area contributed by atoms with Crippen LogP contribution >= 0.6 is 0 Å². The van der Waals surface area contributed by atoms with Crippen molar-refractivity contribution in [1.29, 1.82) is 0 Å². The monoisotopic (exact) mass is 448 g/mol. The lowest BCUT2D eigenvalue weighted by Gasteiger charge is -2.03. The number of Topliss-reactive ketones (excluding diaryl/α,β-unsaturated/α-hetero) is 3. The van der Waals surface area contributed by atoms with Gasteiger partial charge in [0.2, 0.25) is 0 Å². The summed E-state index contributed by atoms with van der Waals surface area (Å²) in [6, 6.07) is 0. The van der Waals surface area contributed by atoms with Gasteiger partial charge in [-0.05, 0) is 44.6 Å². The fourth-order valence-corrected chi connectivity index (χ4v) is 3.75. The molecule has 32 heavy (non-hydrogen) atoms. The maximum absolute atomic E-state index is 12.0. The van der Waals surface area contributed by atoms with Gasteiger partial charge in [-0.15, -0.1) is 0 Å². The number of allylic oxidation sites excluding steroid dienone is 2. The highest BCUT2D eigenvalue weighted by molar-refractivity contribution is 6.36. The lowest BCUT2D eigenvalue weighted by atomic mass is 10.0. The van der Waals surface area contributed by atoms with Gasteiger partial charge in [0.05, 0.1) is 0 Å². The molecule has 0 fully saturated rings. The lowest BCUT2D eigenvalue weighted by Crippen LogP contribution is -2.08. The minimum absolute atomic E-state index is 0.126. The van der Waals surface area contributed by atoms with Gasteiger partial charge >= 0.3 is 0 Å². The van der Waals surface area contributed by atoms with Gasteiger partial charge < -0.3 is 0 Å². The average molecular weight is 449 g/mol. The first-order valence-corrected chi connectivity index (χ1v) is 13.2. The van der Waals surface area contributed by atoms with Crippen molar-refractivity contribution >= 4 is 23.1 Å². The Morgan fingerprint density at radius 3 is 1.59 bits per heavy atom. The third-order valence-electron chi connectivity index (χ3n) is 5.91. The molecule has 0 amide bonds. The Morgan fingerprint density at radius 2 is 1.03 bits per heavy atom. The molecule has 4 nitrogen and oxygen atoms in total. The third-order valence-corrected chi connectivity index (χ3v) is 5.91. The molecule has 0 aliphatic heterocycles. The van der Waals surface area contributed by atoms with Crippen molar-refractivity contribution in [2.24, 2.45) is 0 Å². The SMILES string of the molecule is CCCCCCCCCCCCC(=O)CCCCCC(=O)C=CCCCCC(=O)C(C)=O. The highest BCUT2D eigenvalue weighted by Crippen LogP contribution is 2.13. The highest BCUT2D eigenvalue weighted by atomic mass is 16.2. The molecule has 0 bridgehead atoms. The van der Waals surface area contributed by atoms with E-state index in [9.17, 15) is 19.2 Å². The van der Waals surface area contributed by atoms with Gasteiger partial charge in [-0.1, -0.05) is 77.2 Å². The molecule has 0 aliphatic carbocycles. The van der Waals surface area contributed by atoms with Crippen molar-refractivity contribution < 1.29 is 19.2 Å². The van der Waals surface area contributed by atoms with Crippen LogP contribution in [0, 0.1) is 0 Å².